The number of carbonyl (C=O) groups is 3. The van der Waals surface area contributed by atoms with Gasteiger partial charge in [0.25, 0.3) is 11.8 Å². The molecule has 9 rings (SSSR count). The molecule has 4 aromatic rings. The lowest BCUT2D eigenvalue weighted by Crippen LogP contribution is -2.56. The van der Waals surface area contributed by atoms with Crippen LogP contribution >= 0.6 is 0 Å². The van der Waals surface area contributed by atoms with E-state index in [-0.39, 0.29) is 29.2 Å². The number of aliphatic hydroxyl groups is 1. The van der Waals surface area contributed by atoms with Crippen molar-refractivity contribution >= 4 is 46.4 Å². The number of pyridine rings is 1. The maximum Gasteiger partial charge on any atom is 0.276 e. The highest BCUT2D eigenvalue weighted by Crippen LogP contribution is 2.41. The summed E-state index contributed by atoms with van der Waals surface area (Å²) in [4.78, 5) is 51.6. The third-order valence-corrected chi connectivity index (χ3v) is 12.5. The first-order chi connectivity index (χ1) is 28.0. The largest absolute Gasteiger partial charge is 0.391 e. The molecule has 2 saturated heterocycles. The fourth-order valence-electron chi connectivity index (χ4n) is 9.77. The zero-order chi connectivity index (χ0) is 40.3. The van der Waals surface area contributed by atoms with Crippen molar-refractivity contribution < 1.29 is 24.2 Å². The van der Waals surface area contributed by atoms with Crippen LogP contribution in [0, 0.1) is 5.41 Å². The number of carbonyl (C=O) groups excluding carboxylic acids is 3. The van der Waals surface area contributed by atoms with Gasteiger partial charge in [0.05, 0.1) is 29.4 Å². The van der Waals surface area contributed by atoms with Crippen molar-refractivity contribution in [2.24, 2.45) is 5.41 Å². The average Bonchev–Trinajstić information content (AvgIpc) is 3.86. The Morgan fingerprint density at radius 2 is 1.90 bits per heavy atom. The molecule has 58 heavy (non-hydrogen) atoms. The second-order valence-electron chi connectivity index (χ2n) is 16.9. The van der Waals surface area contributed by atoms with Crippen molar-refractivity contribution in [2.75, 3.05) is 66.4 Å². The Hall–Kier alpha value is -5.51. The molecule has 1 aromatic carbocycles. The normalized spacial score (nSPS) is 20.7. The minimum Gasteiger partial charge on any atom is -0.391 e. The van der Waals surface area contributed by atoms with Crippen molar-refractivity contribution in [3.8, 4) is 5.69 Å². The number of anilines is 5. The Kier molecular flexibility index (Phi) is 9.85. The van der Waals surface area contributed by atoms with Crippen LogP contribution in [0.4, 0.5) is 28.7 Å². The Labute approximate surface area is 338 Å². The second kappa shape index (κ2) is 15.0. The molecule has 7 heterocycles. The fourth-order valence-corrected chi connectivity index (χ4v) is 9.77. The van der Waals surface area contributed by atoms with Crippen molar-refractivity contribution in [2.45, 2.75) is 78.1 Å². The second-order valence-corrected chi connectivity index (χ2v) is 16.9. The topological polar surface area (TPSA) is 162 Å². The zero-order valence-electron chi connectivity index (χ0n) is 33.5. The highest BCUT2D eigenvalue weighted by Gasteiger charge is 2.38. The van der Waals surface area contributed by atoms with Gasteiger partial charge in [0, 0.05) is 94.1 Å². The number of nitrogens with zero attached hydrogens (tertiary/aromatic N) is 7. The molecule has 4 N–H and O–H groups in total. The van der Waals surface area contributed by atoms with E-state index in [0.29, 0.717) is 83.3 Å². The summed E-state index contributed by atoms with van der Waals surface area (Å²) in [5, 5.41) is 25.2. The molecular weight excluding hydrogens is 737 g/mol. The molecule has 0 radical (unpaired) electrons. The van der Waals surface area contributed by atoms with Crippen LogP contribution in [0.25, 0.3) is 5.69 Å². The van der Waals surface area contributed by atoms with Crippen LogP contribution in [0.1, 0.15) is 77.0 Å². The van der Waals surface area contributed by atoms with E-state index in [1.165, 1.54) is 17.3 Å². The lowest BCUT2D eigenvalue weighted by atomic mass is 9.90. The Morgan fingerprint density at radius 1 is 1.07 bits per heavy atom. The van der Waals surface area contributed by atoms with Gasteiger partial charge in [0.2, 0.25) is 5.91 Å². The summed E-state index contributed by atoms with van der Waals surface area (Å²) < 4.78 is 9.45. The number of ether oxygens (including phenoxy) is 1. The van der Waals surface area contributed by atoms with Crippen LogP contribution in [-0.4, -0.2) is 105 Å². The average molecular weight is 789 g/mol. The van der Waals surface area contributed by atoms with Gasteiger partial charge in [-0.15, -0.1) is 5.10 Å². The smallest absolute Gasteiger partial charge is 0.276 e. The van der Waals surface area contributed by atoms with Crippen LogP contribution in [0.3, 0.4) is 0 Å². The van der Waals surface area contributed by atoms with Gasteiger partial charge < -0.3 is 35.3 Å². The third kappa shape index (κ3) is 6.74. The van der Waals surface area contributed by atoms with Crippen LogP contribution in [0.5, 0.6) is 0 Å². The minimum absolute atomic E-state index is 0.152. The number of rotatable bonds is 9. The van der Waals surface area contributed by atoms with E-state index < -0.39 is 6.61 Å². The van der Waals surface area contributed by atoms with Crippen molar-refractivity contribution in [1.29, 1.82) is 0 Å². The number of nitrogens with one attached hydrogen (secondary N) is 3. The van der Waals surface area contributed by atoms with Gasteiger partial charge in [-0.2, -0.15) is 0 Å². The Bertz CT molecular complexity index is 2310. The molecule has 15 nitrogen and oxygen atoms in total. The van der Waals surface area contributed by atoms with Gasteiger partial charge in [-0.05, 0) is 80.0 Å². The summed E-state index contributed by atoms with van der Waals surface area (Å²) in [6, 6.07) is 10.3. The lowest BCUT2D eigenvalue weighted by Gasteiger charge is -2.45. The van der Waals surface area contributed by atoms with E-state index in [0.717, 1.165) is 64.2 Å². The summed E-state index contributed by atoms with van der Waals surface area (Å²) in [7, 11) is 0. The molecule has 3 aromatic heterocycles. The van der Waals surface area contributed by atoms with Crippen LogP contribution < -0.4 is 25.8 Å². The molecule has 0 bridgehead atoms. The summed E-state index contributed by atoms with van der Waals surface area (Å²) in [5.74, 6) is -0.0539. The molecule has 304 valence electrons. The number of amides is 3. The maximum atomic E-state index is 14.1. The van der Waals surface area contributed by atoms with E-state index in [1.807, 2.05) is 24.3 Å². The molecule has 1 unspecified atom stereocenters. The van der Waals surface area contributed by atoms with Crippen LogP contribution in [0.15, 0.2) is 49.2 Å². The highest BCUT2D eigenvalue weighted by molar-refractivity contribution is 6.06. The first-order valence-corrected chi connectivity index (χ1v) is 20.5. The van der Waals surface area contributed by atoms with E-state index >= 15 is 0 Å². The van der Waals surface area contributed by atoms with E-state index in [2.05, 4.69) is 62.7 Å². The van der Waals surface area contributed by atoms with Gasteiger partial charge in [-0.25, -0.2) is 9.67 Å². The van der Waals surface area contributed by atoms with Gasteiger partial charge >= 0.3 is 0 Å². The monoisotopic (exact) mass is 788 g/mol. The van der Waals surface area contributed by atoms with E-state index in [9.17, 15) is 19.5 Å². The SMILES string of the molecule is C=CC(=O)Nc1cc(Nc2nn(-c3ccnc(N4CCn5c(cc6c5CC(C)(C)C6)C4=O)c3CO)c3c2C(=O)NCC3)ccc1N1CCN(C2CCOCC2)CC1C. The lowest BCUT2D eigenvalue weighted by molar-refractivity contribution is -0.111. The summed E-state index contributed by atoms with van der Waals surface area (Å²) in [6.45, 7) is 15.7. The van der Waals surface area contributed by atoms with Gasteiger partial charge in [-0.3, -0.25) is 24.2 Å². The zero-order valence-corrected chi connectivity index (χ0v) is 33.5. The molecule has 0 spiro atoms. The summed E-state index contributed by atoms with van der Waals surface area (Å²) >= 11 is 0. The predicted molar refractivity (Wildman–Crippen MR) is 221 cm³/mol. The number of benzene rings is 1. The Morgan fingerprint density at radius 3 is 2.67 bits per heavy atom. The van der Waals surface area contributed by atoms with Gasteiger partial charge in [0.1, 0.15) is 17.1 Å². The number of aliphatic hydroxyl groups excluding tert-OH is 1. The number of hydrogen-bond acceptors (Lipinski definition) is 10. The molecule has 2 fully saturated rings. The molecular formula is C43H52N10O5. The van der Waals surface area contributed by atoms with Gasteiger partial charge in [0.15, 0.2) is 5.82 Å². The van der Waals surface area contributed by atoms with Crippen LogP contribution in [0.2, 0.25) is 0 Å². The molecule has 0 saturated carbocycles. The Balaban J connectivity index is 1.02. The first-order valence-electron chi connectivity index (χ1n) is 20.5. The fraction of sp³-hybridized carbons (Fsp3) is 0.465. The molecule has 3 amide bonds. The predicted octanol–water partition coefficient (Wildman–Crippen LogP) is 4.19. The highest BCUT2D eigenvalue weighted by atomic mass is 16.5. The molecule has 15 heteroatoms. The number of fused-ring (bicyclic) bond motifs is 4. The van der Waals surface area contributed by atoms with Crippen molar-refractivity contribution in [1.82, 2.24) is 29.5 Å². The first kappa shape index (κ1) is 38.0. The van der Waals surface area contributed by atoms with Crippen LogP contribution in [-0.2, 0) is 41.9 Å². The number of hydrogen-bond donors (Lipinski definition) is 4. The van der Waals surface area contributed by atoms with Gasteiger partial charge in [-0.1, -0.05) is 20.4 Å². The summed E-state index contributed by atoms with van der Waals surface area (Å²) in [5.41, 5.74) is 7.45. The third-order valence-electron chi connectivity index (χ3n) is 12.5. The van der Waals surface area contributed by atoms with E-state index in [4.69, 9.17) is 9.84 Å². The molecule has 1 aliphatic carbocycles. The minimum atomic E-state index is -0.396. The molecule has 1 atom stereocenters. The standard InChI is InChI=1S/C43H52N10O5/c1-5-37(55)47-31-21-28(6-7-33(31)50-15-14-49(24-26(50)2)29-10-18-58-19-11-29)46-39-38-34(9-13-45-41(38)56)53(48-39)32-8-12-44-40(30(32)25-54)52-17-16-51-35(42(52)57)20-27-22-43(3,4)23-36(27)51/h5-8,12,20-21,26,29,54H,1,9-11,13-19,22-25H2,2-4H3,(H,45,56)(H,46,48)(H,47,55). The van der Waals surface area contributed by atoms with Crippen molar-refractivity contribution in [3.05, 3.63) is 83.0 Å². The maximum absolute atomic E-state index is 14.1. The number of aromatic nitrogens is 4. The quantitative estimate of drug-likeness (QED) is 0.181. The van der Waals surface area contributed by atoms with Crippen molar-refractivity contribution in [3.63, 3.8) is 0 Å². The number of piperazine rings is 1. The van der Waals surface area contributed by atoms with E-state index in [1.54, 1.807) is 21.8 Å². The molecule has 4 aliphatic heterocycles. The molecule has 5 aliphatic rings. The summed E-state index contributed by atoms with van der Waals surface area (Å²) in [6.07, 6.45) is 7.32.